The van der Waals surface area contributed by atoms with Gasteiger partial charge in [0.2, 0.25) is 0 Å². The number of hydrogen-bond acceptors (Lipinski definition) is 4. The Hall–Kier alpha value is -0.220. The van der Waals surface area contributed by atoms with E-state index in [1.54, 1.807) is 0 Å². The van der Waals surface area contributed by atoms with E-state index in [1.165, 1.54) is 6.42 Å². The molecular formula is C12H25NO2S. The van der Waals surface area contributed by atoms with Crippen molar-refractivity contribution >= 4 is 17.7 Å². The van der Waals surface area contributed by atoms with E-state index in [0.717, 1.165) is 12.2 Å². The van der Waals surface area contributed by atoms with Crippen molar-refractivity contribution in [2.24, 2.45) is 0 Å². The fourth-order valence-electron chi connectivity index (χ4n) is 1.20. The molecule has 1 N–H and O–H groups in total. The number of ether oxygens (including phenoxy) is 1. The molecule has 0 amide bonds. The third-order valence-electron chi connectivity index (χ3n) is 2.86. The van der Waals surface area contributed by atoms with Crippen molar-refractivity contribution in [3.63, 3.8) is 0 Å². The highest BCUT2D eigenvalue weighted by atomic mass is 32.2. The summed E-state index contributed by atoms with van der Waals surface area (Å²) < 4.78 is 5.07. The van der Waals surface area contributed by atoms with E-state index in [-0.39, 0.29) is 5.97 Å². The van der Waals surface area contributed by atoms with Crippen molar-refractivity contribution in [2.45, 2.75) is 51.3 Å². The van der Waals surface area contributed by atoms with E-state index in [4.69, 9.17) is 4.74 Å². The minimum Gasteiger partial charge on any atom is -0.465 e. The molecule has 0 bridgehead atoms. The molecule has 2 atom stereocenters. The Morgan fingerprint density at radius 1 is 1.50 bits per heavy atom. The van der Waals surface area contributed by atoms with Crippen molar-refractivity contribution in [3.05, 3.63) is 0 Å². The van der Waals surface area contributed by atoms with E-state index in [9.17, 15) is 4.79 Å². The van der Waals surface area contributed by atoms with Gasteiger partial charge in [-0.3, -0.25) is 4.79 Å². The zero-order valence-corrected chi connectivity index (χ0v) is 11.9. The summed E-state index contributed by atoms with van der Waals surface area (Å²) in [7, 11) is 1.81. The summed E-state index contributed by atoms with van der Waals surface area (Å²) in [6.07, 6.45) is 1.97. The number of hydrogen-bond donors (Lipinski definition) is 1. The minimum atomic E-state index is -0.545. The Morgan fingerprint density at radius 2 is 2.12 bits per heavy atom. The van der Waals surface area contributed by atoms with Crippen LogP contribution in [0.25, 0.3) is 0 Å². The number of carbonyl (C=O) groups is 1. The van der Waals surface area contributed by atoms with Gasteiger partial charge in [-0.2, -0.15) is 11.8 Å². The molecule has 0 aromatic rings. The van der Waals surface area contributed by atoms with E-state index in [1.807, 2.05) is 32.7 Å². The second-order valence-corrected chi connectivity index (χ2v) is 5.69. The maximum atomic E-state index is 11.7. The van der Waals surface area contributed by atoms with Gasteiger partial charge in [0.1, 0.15) is 5.54 Å². The van der Waals surface area contributed by atoms with Gasteiger partial charge in [-0.15, -0.1) is 0 Å². The van der Waals surface area contributed by atoms with Crippen molar-refractivity contribution in [3.8, 4) is 0 Å². The Bertz CT molecular complexity index is 211. The highest BCUT2D eigenvalue weighted by molar-refractivity contribution is 7.99. The Kier molecular flexibility index (Phi) is 7.85. The lowest BCUT2D eigenvalue weighted by Gasteiger charge is -2.26. The molecule has 0 radical (unpaired) electrons. The van der Waals surface area contributed by atoms with Crippen LogP contribution in [0.5, 0.6) is 0 Å². The fourth-order valence-corrected chi connectivity index (χ4v) is 2.37. The van der Waals surface area contributed by atoms with Crippen LogP contribution in [0.3, 0.4) is 0 Å². The van der Waals surface area contributed by atoms with Gasteiger partial charge >= 0.3 is 5.97 Å². The van der Waals surface area contributed by atoms with Gasteiger partial charge in [0.25, 0.3) is 0 Å². The van der Waals surface area contributed by atoms with Crippen LogP contribution in [0.4, 0.5) is 0 Å². The Labute approximate surface area is 104 Å². The summed E-state index contributed by atoms with van der Waals surface area (Å²) in [6.45, 7) is 8.57. The van der Waals surface area contributed by atoms with E-state index in [2.05, 4.69) is 19.2 Å². The SMILES string of the molecule is CCOC(=O)C(C)(CCSC(C)CC)NC. The molecule has 0 spiro atoms. The molecule has 2 unspecified atom stereocenters. The van der Waals surface area contributed by atoms with Crippen molar-refractivity contribution in [1.29, 1.82) is 0 Å². The van der Waals surface area contributed by atoms with Crippen LogP contribution >= 0.6 is 11.8 Å². The van der Waals surface area contributed by atoms with Gasteiger partial charge in [0, 0.05) is 5.25 Å². The summed E-state index contributed by atoms with van der Waals surface area (Å²) in [6, 6.07) is 0. The molecule has 0 saturated carbocycles. The maximum Gasteiger partial charge on any atom is 0.326 e. The smallest absolute Gasteiger partial charge is 0.326 e. The zero-order chi connectivity index (χ0) is 12.6. The van der Waals surface area contributed by atoms with Gasteiger partial charge in [0.05, 0.1) is 6.61 Å². The first-order chi connectivity index (χ1) is 7.50. The van der Waals surface area contributed by atoms with Crippen LogP contribution in [0.1, 0.15) is 40.5 Å². The highest BCUT2D eigenvalue weighted by Gasteiger charge is 2.32. The molecule has 96 valence electrons. The molecule has 0 rings (SSSR count). The molecule has 0 aromatic carbocycles. The summed E-state index contributed by atoms with van der Waals surface area (Å²) >= 11 is 1.91. The summed E-state index contributed by atoms with van der Waals surface area (Å²) in [4.78, 5) is 11.7. The Morgan fingerprint density at radius 3 is 2.56 bits per heavy atom. The number of carbonyl (C=O) groups excluding carboxylic acids is 1. The predicted molar refractivity (Wildman–Crippen MR) is 70.9 cm³/mol. The first kappa shape index (κ1) is 15.8. The van der Waals surface area contributed by atoms with Crippen molar-refractivity contribution < 1.29 is 9.53 Å². The van der Waals surface area contributed by atoms with Gasteiger partial charge < -0.3 is 10.1 Å². The summed E-state index contributed by atoms with van der Waals surface area (Å²) in [5, 5.41) is 3.72. The maximum absolute atomic E-state index is 11.7. The lowest BCUT2D eigenvalue weighted by molar-refractivity contribution is -0.150. The molecule has 0 aliphatic rings. The number of likely N-dealkylation sites (N-methyl/N-ethyl adjacent to an activating group) is 1. The number of nitrogens with one attached hydrogen (secondary N) is 1. The van der Waals surface area contributed by atoms with Gasteiger partial charge in [-0.25, -0.2) is 0 Å². The molecule has 4 heteroatoms. The van der Waals surface area contributed by atoms with E-state index >= 15 is 0 Å². The van der Waals surface area contributed by atoms with Gasteiger partial charge in [-0.05, 0) is 39.5 Å². The van der Waals surface area contributed by atoms with Crippen molar-refractivity contribution in [2.75, 3.05) is 19.4 Å². The molecule has 16 heavy (non-hydrogen) atoms. The molecule has 0 saturated heterocycles. The van der Waals surface area contributed by atoms with Crippen molar-refractivity contribution in [1.82, 2.24) is 5.32 Å². The lowest BCUT2D eigenvalue weighted by Crippen LogP contribution is -2.49. The van der Waals surface area contributed by atoms with Crippen LogP contribution in [-0.4, -0.2) is 36.2 Å². The largest absolute Gasteiger partial charge is 0.465 e. The minimum absolute atomic E-state index is 0.151. The van der Waals surface area contributed by atoms with Crippen LogP contribution in [-0.2, 0) is 9.53 Å². The lowest BCUT2D eigenvalue weighted by atomic mass is 10.00. The number of thioether (sulfide) groups is 1. The predicted octanol–water partition coefficient (Wildman–Crippen LogP) is 2.45. The number of rotatable bonds is 8. The number of esters is 1. The quantitative estimate of drug-likeness (QED) is 0.669. The van der Waals surface area contributed by atoms with Crippen LogP contribution in [0, 0.1) is 0 Å². The first-order valence-corrected chi connectivity index (χ1v) is 7.02. The fraction of sp³-hybridized carbons (Fsp3) is 0.917. The molecule has 0 aliphatic carbocycles. The third kappa shape index (κ3) is 5.21. The molecule has 0 fully saturated rings. The average Bonchev–Trinajstić information content (AvgIpc) is 2.28. The summed E-state index contributed by atoms with van der Waals surface area (Å²) in [5.41, 5.74) is -0.545. The van der Waals surface area contributed by atoms with Crippen LogP contribution < -0.4 is 5.32 Å². The van der Waals surface area contributed by atoms with Gasteiger partial charge in [0.15, 0.2) is 0 Å². The second kappa shape index (κ2) is 7.96. The van der Waals surface area contributed by atoms with Crippen LogP contribution in [0.15, 0.2) is 0 Å². The highest BCUT2D eigenvalue weighted by Crippen LogP contribution is 2.20. The average molecular weight is 247 g/mol. The summed E-state index contributed by atoms with van der Waals surface area (Å²) in [5.74, 6) is 0.827. The van der Waals surface area contributed by atoms with Crippen LogP contribution in [0.2, 0.25) is 0 Å². The topological polar surface area (TPSA) is 38.3 Å². The molecule has 0 aliphatic heterocycles. The van der Waals surface area contributed by atoms with Gasteiger partial charge in [-0.1, -0.05) is 13.8 Å². The molecule has 0 aromatic heterocycles. The van der Waals surface area contributed by atoms with E-state index < -0.39 is 5.54 Å². The molecule has 3 nitrogen and oxygen atoms in total. The first-order valence-electron chi connectivity index (χ1n) is 5.97. The third-order valence-corrected chi connectivity index (χ3v) is 4.20. The second-order valence-electron chi connectivity index (χ2n) is 4.14. The monoisotopic (exact) mass is 247 g/mol. The normalized spacial score (nSPS) is 16.6. The standard InChI is InChI=1S/C12H25NO2S/c1-6-10(3)16-9-8-12(4,13-5)11(14)15-7-2/h10,13H,6-9H2,1-5H3. The molecular weight excluding hydrogens is 222 g/mol. The Balaban J connectivity index is 4.11. The molecule has 0 heterocycles. The zero-order valence-electron chi connectivity index (χ0n) is 11.1. The van der Waals surface area contributed by atoms with E-state index in [0.29, 0.717) is 11.9 Å².